The van der Waals surface area contributed by atoms with Crippen molar-refractivity contribution < 1.29 is 13.5 Å². The van der Waals surface area contributed by atoms with Crippen LogP contribution in [0.3, 0.4) is 0 Å². The molecule has 0 spiro atoms. The van der Waals surface area contributed by atoms with Crippen molar-refractivity contribution in [2.75, 3.05) is 6.54 Å². The summed E-state index contributed by atoms with van der Waals surface area (Å²) in [5.41, 5.74) is 1.02. The molecule has 2 N–H and O–H groups in total. The van der Waals surface area contributed by atoms with Crippen LogP contribution in [0, 0.1) is 0 Å². The lowest BCUT2D eigenvalue weighted by atomic mass is 10.2. The monoisotopic (exact) mass is 376 g/mol. The van der Waals surface area contributed by atoms with Crippen molar-refractivity contribution >= 4 is 37.3 Å². The lowest BCUT2D eigenvalue weighted by molar-refractivity contribution is 0.285. The van der Waals surface area contributed by atoms with Crippen LogP contribution in [0.4, 0.5) is 0 Å². The minimum Gasteiger partial charge on any atom is -0.391 e. The molecule has 0 bridgehead atoms. The first kappa shape index (κ1) is 15.6. The molecule has 0 saturated heterocycles. The second-order valence-electron chi connectivity index (χ2n) is 4.01. The number of nitrogens with zero attached hydrogens (tertiary/aromatic N) is 1. The van der Waals surface area contributed by atoms with Gasteiger partial charge in [0.15, 0.2) is 0 Å². The van der Waals surface area contributed by atoms with Gasteiger partial charge in [0.05, 0.1) is 10.4 Å². The quantitative estimate of drug-likeness (QED) is 0.806. The zero-order valence-electron chi connectivity index (χ0n) is 10.4. The number of thiophene rings is 1. The molecule has 0 saturated carbocycles. The minimum absolute atomic E-state index is 0.168. The maximum Gasteiger partial charge on any atom is 0.242 e. The highest BCUT2D eigenvalue weighted by atomic mass is 79.9. The van der Waals surface area contributed by atoms with E-state index in [1.54, 1.807) is 12.4 Å². The van der Waals surface area contributed by atoms with E-state index in [4.69, 9.17) is 5.11 Å². The molecule has 2 rings (SSSR count). The van der Waals surface area contributed by atoms with Gasteiger partial charge in [-0.25, -0.2) is 13.1 Å². The zero-order valence-corrected chi connectivity index (χ0v) is 13.6. The summed E-state index contributed by atoms with van der Waals surface area (Å²) in [6.07, 6.45) is 3.94. The van der Waals surface area contributed by atoms with Crippen LogP contribution in [0.2, 0.25) is 0 Å². The first-order valence-electron chi connectivity index (χ1n) is 5.80. The summed E-state index contributed by atoms with van der Waals surface area (Å²) in [6, 6.07) is 5.17. The predicted octanol–water partition coefficient (Wildman–Crippen LogP) is 1.92. The van der Waals surface area contributed by atoms with Gasteiger partial charge in [0.2, 0.25) is 10.0 Å². The van der Waals surface area contributed by atoms with E-state index in [1.807, 2.05) is 12.1 Å². The highest BCUT2D eigenvalue weighted by Gasteiger charge is 2.20. The number of halogens is 1. The second-order valence-corrected chi connectivity index (χ2v) is 8.20. The number of aliphatic hydroxyl groups is 1. The Balaban J connectivity index is 2.02. The Morgan fingerprint density at radius 1 is 1.35 bits per heavy atom. The van der Waals surface area contributed by atoms with Crippen molar-refractivity contribution in [3.8, 4) is 0 Å². The number of hydrogen-bond donors (Lipinski definition) is 2. The molecule has 0 aliphatic carbocycles. The van der Waals surface area contributed by atoms with Crippen LogP contribution in [-0.2, 0) is 23.1 Å². The van der Waals surface area contributed by atoms with Gasteiger partial charge in [0.25, 0.3) is 0 Å². The van der Waals surface area contributed by atoms with Gasteiger partial charge in [0.1, 0.15) is 4.90 Å². The lowest BCUT2D eigenvalue weighted by Crippen LogP contribution is -2.25. The van der Waals surface area contributed by atoms with E-state index in [0.29, 0.717) is 21.6 Å². The lowest BCUT2D eigenvalue weighted by Gasteiger charge is -2.05. The Kier molecular flexibility index (Phi) is 5.28. The SMILES string of the molecule is O=S(=O)(NCCc1ccncc1)c1cc(CO)sc1Br. The molecular formula is C12H13BrN2O3S2. The highest BCUT2D eigenvalue weighted by Crippen LogP contribution is 2.31. The van der Waals surface area contributed by atoms with Crippen molar-refractivity contribution in [3.63, 3.8) is 0 Å². The number of nitrogens with one attached hydrogen (secondary N) is 1. The van der Waals surface area contributed by atoms with E-state index in [2.05, 4.69) is 25.6 Å². The molecule has 0 radical (unpaired) electrons. The van der Waals surface area contributed by atoms with Gasteiger partial charge < -0.3 is 5.11 Å². The number of sulfonamides is 1. The summed E-state index contributed by atoms with van der Waals surface area (Å²) in [5, 5.41) is 9.03. The fraction of sp³-hybridized carbons (Fsp3) is 0.250. The second kappa shape index (κ2) is 6.77. The average molecular weight is 377 g/mol. The Hall–Kier alpha value is -0.800. The maximum absolute atomic E-state index is 12.1. The molecule has 0 unspecified atom stereocenters. The van der Waals surface area contributed by atoms with Gasteiger partial charge in [-0.05, 0) is 46.1 Å². The van der Waals surface area contributed by atoms with E-state index in [-0.39, 0.29) is 11.5 Å². The van der Waals surface area contributed by atoms with Crippen molar-refractivity contribution in [2.45, 2.75) is 17.9 Å². The number of hydrogen-bond acceptors (Lipinski definition) is 5. The molecule has 20 heavy (non-hydrogen) atoms. The van der Waals surface area contributed by atoms with E-state index >= 15 is 0 Å². The molecule has 8 heteroatoms. The Bertz CT molecular complexity index is 671. The fourth-order valence-corrected chi connectivity index (χ4v) is 5.19. The van der Waals surface area contributed by atoms with E-state index in [1.165, 1.54) is 17.4 Å². The third kappa shape index (κ3) is 3.86. The molecular weight excluding hydrogens is 364 g/mol. The summed E-state index contributed by atoms with van der Waals surface area (Å²) in [5.74, 6) is 0. The number of pyridine rings is 1. The molecule has 2 aromatic heterocycles. The van der Waals surface area contributed by atoms with E-state index in [9.17, 15) is 8.42 Å². The molecule has 0 aliphatic rings. The van der Waals surface area contributed by atoms with Gasteiger partial charge in [-0.3, -0.25) is 4.98 Å². The zero-order chi connectivity index (χ0) is 14.6. The van der Waals surface area contributed by atoms with Gasteiger partial charge in [-0.15, -0.1) is 11.3 Å². The smallest absolute Gasteiger partial charge is 0.242 e. The first-order chi connectivity index (χ1) is 9.53. The number of rotatable bonds is 6. The standard InChI is InChI=1S/C12H13BrN2O3S2/c13-12-11(7-10(8-16)19-12)20(17,18)15-6-3-9-1-4-14-5-2-9/h1-2,4-5,7,15-16H,3,6,8H2. The summed E-state index contributed by atoms with van der Waals surface area (Å²) in [7, 11) is -3.56. The molecule has 5 nitrogen and oxygen atoms in total. The Morgan fingerprint density at radius 2 is 2.05 bits per heavy atom. The van der Waals surface area contributed by atoms with E-state index < -0.39 is 10.0 Å². The molecule has 0 fully saturated rings. The summed E-state index contributed by atoms with van der Waals surface area (Å²) in [4.78, 5) is 4.68. The first-order valence-corrected chi connectivity index (χ1v) is 8.90. The summed E-state index contributed by atoms with van der Waals surface area (Å²) < 4.78 is 27.3. The van der Waals surface area contributed by atoms with Crippen molar-refractivity contribution in [2.24, 2.45) is 0 Å². The van der Waals surface area contributed by atoms with Crippen LogP contribution in [0.5, 0.6) is 0 Å². The normalized spacial score (nSPS) is 11.7. The van der Waals surface area contributed by atoms with Crippen LogP contribution in [0.15, 0.2) is 39.3 Å². The molecule has 0 aliphatic heterocycles. The van der Waals surface area contributed by atoms with Crippen LogP contribution in [0.25, 0.3) is 0 Å². The van der Waals surface area contributed by atoms with Gasteiger partial charge in [-0.2, -0.15) is 0 Å². The largest absolute Gasteiger partial charge is 0.391 e. The maximum atomic E-state index is 12.1. The average Bonchev–Trinajstić information content (AvgIpc) is 2.82. The van der Waals surface area contributed by atoms with E-state index in [0.717, 1.165) is 5.56 Å². The van der Waals surface area contributed by atoms with Crippen molar-refractivity contribution in [3.05, 3.63) is 44.8 Å². The molecule has 2 aromatic rings. The van der Waals surface area contributed by atoms with Gasteiger partial charge in [0, 0.05) is 23.8 Å². The topological polar surface area (TPSA) is 79.3 Å². The molecule has 2 heterocycles. The summed E-state index contributed by atoms with van der Waals surface area (Å²) in [6.45, 7) is 0.138. The number of aromatic nitrogens is 1. The predicted molar refractivity (Wildman–Crippen MR) is 81.1 cm³/mol. The molecule has 0 amide bonds. The molecule has 0 aromatic carbocycles. The Labute approximate surface area is 129 Å². The van der Waals surface area contributed by atoms with Crippen molar-refractivity contribution in [1.29, 1.82) is 0 Å². The fourth-order valence-electron chi connectivity index (χ4n) is 1.62. The van der Waals surface area contributed by atoms with Crippen molar-refractivity contribution in [1.82, 2.24) is 9.71 Å². The van der Waals surface area contributed by atoms with Crippen LogP contribution in [-0.4, -0.2) is 25.1 Å². The molecule has 108 valence electrons. The van der Waals surface area contributed by atoms with Gasteiger partial charge in [-0.1, -0.05) is 0 Å². The Morgan fingerprint density at radius 3 is 2.65 bits per heavy atom. The van der Waals surface area contributed by atoms with Crippen LogP contribution < -0.4 is 4.72 Å². The highest BCUT2D eigenvalue weighted by molar-refractivity contribution is 9.11. The third-order valence-electron chi connectivity index (χ3n) is 2.61. The number of aliphatic hydroxyl groups excluding tert-OH is 1. The third-order valence-corrected chi connectivity index (χ3v) is 6.30. The minimum atomic E-state index is -3.56. The van der Waals surface area contributed by atoms with Crippen LogP contribution >= 0.6 is 27.3 Å². The van der Waals surface area contributed by atoms with Gasteiger partial charge >= 0.3 is 0 Å². The summed E-state index contributed by atoms with van der Waals surface area (Å²) >= 11 is 4.42. The molecule has 0 atom stereocenters. The van der Waals surface area contributed by atoms with Crippen LogP contribution in [0.1, 0.15) is 10.4 Å².